The van der Waals surface area contributed by atoms with E-state index in [9.17, 15) is 0 Å². The molecule has 0 spiro atoms. The number of rotatable bonds is 2. The van der Waals surface area contributed by atoms with Crippen molar-refractivity contribution in [2.45, 2.75) is 31.7 Å². The lowest BCUT2D eigenvalue weighted by Crippen LogP contribution is -2.28. The maximum Gasteiger partial charge on any atom is 0.298 e. The van der Waals surface area contributed by atoms with Crippen LogP contribution in [-0.4, -0.2) is 18.1 Å². The van der Waals surface area contributed by atoms with E-state index in [-0.39, 0.29) is 0 Å². The van der Waals surface area contributed by atoms with Crippen molar-refractivity contribution < 1.29 is 4.42 Å². The SMILES string of the molecule is CN(c1nc2ccc(N)cc2o1)C1CCCC1. The van der Waals surface area contributed by atoms with Crippen molar-refractivity contribution in [3.05, 3.63) is 18.2 Å². The second-order valence-electron chi connectivity index (χ2n) is 4.77. The topological polar surface area (TPSA) is 55.3 Å². The van der Waals surface area contributed by atoms with E-state index < -0.39 is 0 Å². The van der Waals surface area contributed by atoms with Crippen molar-refractivity contribution in [1.29, 1.82) is 0 Å². The van der Waals surface area contributed by atoms with Crippen LogP contribution in [0, 0.1) is 0 Å². The first-order chi connectivity index (χ1) is 8.24. The van der Waals surface area contributed by atoms with Gasteiger partial charge in [0.1, 0.15) is 5.52 Å². The first-order valence-corrected chi connectivity index (χ1v) is 6.13. The van der Waals surface area contributed by atoms with E-state index in [1.54, 1.807) is 0 Å². The minimum Gasteiger partial charge on any atom is -0.423 e. The number of benzene rings is 1. The molecule has 1 aromatic carbocycles. The molecule has 1 aliphatic rings. The number of anilines is 2. The van der Waals surface area contributed by atoms with Crippen LogP contribution in [0.25, 0.3) is 11.1 Å². The van der Waals surface area contributed by atoms with E-state index in [2.05, 4.69) is 16.9 Å². The van der Waals surface area contributed by atoms with Crippen molar-refractivity contribution in [1.82, 2.24) is 4.98 Å². The lowest BCUT2D eigenvalue weighted by molar-refractivity contribution is 0.538. The Labute approximate surface area is 100 Å². The first kappa shape index (κ1) is 10.4. The molecule has 0 saturated heterocycles. The van der Waals surface area contributed by atoms with Gasteiger partial charge in [-0.15, -0.1) is 0 Å². The molecule has 90 valence electrons. The van der Waals surface area contributed by atoms with Gasteiger partial charge in [0.2, 0.25) is 0 Å². The Morgan fingerprint density at radius 3 is 2.88 bits per heavy atom. The molecule has 1 saturated carbocycles. The molecule has 4 heteroatoms. The average Bonchev–Trinajstić information content (AvgIpc) is 2.96. The molecule has 0 atom stereocenters. The molecule has 1 aromatic heterocycles. The van der Waals surface area contributed by atoms with Crippen LogP contribution in [0.5, 0.6) is 0 Å². The largest absolute Gasteiger partial charge is 0.423 e. The van der Waals surface area contributed by atoms with Gasteiger partial charge in [-0.1, -0.05) is 12.8 Å². The molecule has 0 amide bonds. The molecular formula is C13H17N3O. The van der Waals surface area contributed by atoms with Crippen LogP contribution in [0.2, 0.25) is 0 Å². The molecule has 1 fully saturated rings. The predicted octanol–water partition coefficient (Wildman–Crippen LogP) is 2.79. The number of nitrogens with two attached hydrogens (primary N) is 1. The first-order valence-electron chi connectivity index (χ1n) is 6.13. The van der Waals surface area contributed by atoms with E-state index in [1.165, 1.54) is 25.7 Å². The molecule has 1 heterocycles. The molecule has 0 unspecified atom stereocenters. The number of nitrogens with zero attached hydrogens (tertiary/aromatic N) is 2. The van der Waals surface area contributed by atoms with Crippen molar-refractivity contribution >= 4 is 22.8 Å². The summed E-state index contributed by atoms with van der Waals surface area (Å²) in [6.45, 7) is 0. The number of aromatic nitrogens is 1. The van der Waals surface area contributed by atoms with Gasteiger partial charge in [-0.2, -0.15) is 4.98 Å². The maximum atomic E-state index is 5.76. The van der Waals surface area contributed by atoms with E-state index >= 15 is 0 Å². The Morgan fingerprint density at radius 1 is 1.35 bits per heavy atom. The molecule has 0 bridgehead atoms. The standard InChI is InChI=1S/C13H17N3O/c1-16(10-4-2-3-5-10)13-15-11-7-6-9(14)8-12(11)17-13/h6-8,10H,2-5,14H2,1H3. The smallest absolute Gasteiger partial charge is 0.298 e. The van der Waals surface area contributed by atoms with Gasteiger partial charge in [0.25, 0.3) is 6.01 Å². The molecule has 0 radical (unpaired) electrons. The van der Waals surface area contributed by atoms with Gasteiger partial charge in [0.05, 0.1) is 0 Å². The zero-order valence-corrected chi connectivity index (χ0v) is 10.0. The third-order valence-electron chi connectivity index (χ3n) is 3.58. The van der Waals surface area contributed by atoms with Gasteiger partial charge in [-0.25, -0.2) is 0 Å². The Morgan fingerprint density at radius 2 is 2.12 bits per heavy atom. The third-order valence-corrected chi connectivity index (χ3v) is 3.58. The van der Waals surface area contributed by atoms with E-state index in [0.717, 1.165) is 11.1 Å². The highest BCUT2D eigenvalue weighted by atomic mass is 16.4. The summed E-state index contributed by atoms with van der Waals surface area (Å²) in [7, 11) is 2.06. The van der Waals surface area contributed by atoms with Gasteiger partial charge in [0.15, 0.2) is 5.58 Å². The fourth-order valence-corrected chi connectivity index (χ4v) is 2.53. The normalized spacial score (nSPS) is 16.8. The lowest BCUT2D eigenvalue weighted by Gasteiger charge is -2.21. The van der Waals surface area contributed by atoms with Crippen molar-refractivity contribution in [3.8, 4) is 0 Å². The van der Waals surface area contributed by atoms with Gasteiger partial charge in [-0.3, -0.25) is 0 Å². The minimum absolute atomic E-state index is 0.570. The summed E-state index contributed by atoms with van der Waals surface area (Å²) in [6, 6.07) is 6.86. The van der Waals surface area contributed by atoms with E-state index in [0.29, 0.717) is 17.7 Å². The minimum atomic E-state index is 0.570. The summed E-state index contributed by atoms with van der Waals surface area (Å²) in [5.74, 6) is 0. The molecule has 17 heavy (non-hydrogen) atoms. The van der Waals surface area contributed by atoms with Gasteiger partial charge >= 0.3 is 0 Å². The highest BCUT2D eigenvalue weighted by Gasteiger charge is 2.23. The Kier molecular flexibility index (Phi) is 2.42. The summed E-state index contributed by atoms with van der Waals surface area (Å²) >= 11 is 0. The molecule has 2 aromatic rings. The molecule has 2 N–H and O–H groups in total. The maximum absolute atomic E-state index is 5.76. The third kappa shape index (κ3) is 1.84. The van der Waals surface area contributed by atoms with Crippen molar-refractivity contribution in [2.75, 3.05) is 17.7 Å². The number of nitrogen functional groups attached to an aromatic ring is 1. The molecule has 1 aliphatic carbocycles. The van der Waals surface area contributed by atoms with E-state index in [4.69, 9.17) is 10.2 Å². The average molecular weight is 231 g/mol. The van der Waals surface area contributed by atoms with Crippen molar-refractivity contribution in [2.24, 2.45) is 0 Å². The number of hydrogen-bond donors (Lipinski definition) is 1. The van der Waals surface area contributed by atoms with Crippen LogP contribution in [0.1, 0.15) is 25.7 Å². The summed E-state index contributed by atoms with van der Waals surface area (Å²) in [4.78, 5) is 6.66. The van der Waals surface area contributed by atoms with Gasteiger partial charge < -0.3 is 15.1 Å². The highest BCUT2D eigenvalue weighted by molar-refractivity contribution is 5.78. The summed E-state index contributed by atoms with van der Waals surface area (Å²) in [6.07, 6.45) is 5.08. The van der Waals surface area contributed by atoms with Crippen LogP contribution in [-0.2, 0) is 0 Å². The highest BCUT2D eigenvalue weighted by Crippen LogP contribution is 2.29. The van der Waals surface area contributed by atoms with Crippen LogP contribution < -0.4 is 10.6 Å². The molecule has 3 rings (SSSR count). The zero-order chi connectivity index (χ0) is 11.8. The molecule has 0 aliphatic heterocycles. The summed E-state index contributed by atoms with van der Waals surface area (Å²) < 4.78 is 5.76. The lowest BCUT2D eigenvalue weighted by atomic mass is 10.2. The fraction of sp³-hybridized carbons (Fsp3) is 0.462. The molecule has 4 nitrogen and oxygen atoms in total. The Hall–Kier alpha value is -1.71. The summed E-state index contributed by atoms with van der Waals surface area (Å²) in [5, 5.41) is 0. The number of oxazole rings is 1. The van der Waals surface area contributed by atoms with Crippen LogP contribution in [0.15, 0.2) is 22.6 Å². The second kappa shape index (κ2) is 3.95. The number of hydrogen-bond acceptors (Lipinski definition) is 4. The number of fused-ring (bicyclic) bond motifs is 1. The Bertz CT molecular complexity index is 528. The van der Waals surface area contributed by atoms with E-state index in [1.807, 2.05) is 18.2 Å². The van der Waals surface area contributed by atoms with Crippen LogP contribution in [0.4, 0.5) is 11.7 Å². The van der Waals surface area contributed by atoms with Crippen LogP contribution in [0.3, 0.4) is 0 Å². The zero-order valence-electron chi connectivity index (χ0n) is 10.0. The fourth-order valence-electron chi connectivity index (χ4n) is 2.53. The van der Waals surface area contributed by atoms with Crippen LogP contribution >= 0.6 is 0 Å². The van der Waals surface area contributed by atoms with Gasteiger partial charge in [0, 0.05) is 24.8 Å². The molecular weight excluding hydrogens is 214 g/mol. The quantitative estimate of drug-likeness (QED) is 0.807. The summed E-state index contributed by atoms with van der Waals surface area (Å²) in [5.41, 5.74) is 8.08. The predicted molar refractivity (Wildman–Crippen MR) is 69.1 cm³/mol. The van der Waals surface area contributed by atoms with Gasteiger partial charge in [-0.05, 0) is 25.0 Å². The Balaban J connectivity index is 1.94. The monoisotopic (exact) mass is 231 g/mol. The second-order valence-corrected chi connectivity index (χ2v) is 4.77. The van der Waals surface area contributed by atoms with Crippen molar-refractivity contribution in [3.63, 3.8) is 0 Å².